The van der Waals surface area contributed by atoms with E-state index in [0.29, 0.717) is 25.1 Å². The van der Waals surface area contributed by atoms with Gasteiger partial charge < -0.3 is 4.74 Å². The minimum Gasteiger partial charge on any atom is -0.463 e. The van der Waals surface area contributed by atoms with Crippen LogP contribution in [0.1, 0.15) is 19.8 Å². The second-order valence-electron chi connectivity index (χ2n) is 3.95. The van der Waals surface area contributed by atoms with Gasteiger partial charge in [-0.1, -0.05) is 18.2 Å². The summed E-state index contributed by atoms with van der Waals surface area (Å²) in [4.78, 5) is 24.9. The summed E-state index contributed by atoms with van der Waals surface area (Å²) in [6.45, 7) is 2.09. The van der Waals surface area contributed by atoms with E-state index in [1.807, 2.05) is 30.3 Å². The maximum Gasteiger partial charge on any atom is 0.332 e. The SMILES string of the molecule is CCOC(=O)/C=C1/CCC(=O)N1c1ccccc1. The number of hydrogen-bond acceptors (Lipinski definition) is 3. The van der Waals surface area contributed by atoms with E-state index < -0.39 is 5.97 Å². The summed E-state index contributed by atoms with van der Waals surface area (Å²) in [5.74, 6) is -0.389. The molecule has 2 rings (SSSR count). The molecule has 1 heterocycles. The predicted molar refractivity (Wildman–Crippen MR) is 67.9 cm³/mol. The van der Waals surface area contributed by atoms with Crippen molar-refractivity contribution < 1.29 is 14.3 Å². The number of nitrogens with zero attached hydrogens (tertiary/aromatic N) is 1. The number of esters is 1. The lowest BCUT2D eigenvalue weighted by molar-refractivity contribution is -0.137. The van der Waals surface area contributed by atoms with Crippen molar-refractivity contribution in [2.75, 3.05) is 11.5 Å². The first-order valence-electron chi connectivity index (χ1n) is 5.97. The van der Waals surface area contributed by atoms with Gasteiger partial charge in [-0.15, -0.1) is 0 Å². The van der Waals surface area contributed by atoms with Gasteiger partial charge in [0.1, 0.15) is 0 Å². The van der Waals surface area contributed by atoms with Gasteiger partial charge in [-0.3, -0.25) is 9.69 Å². The van der Waals surface area contributed by atoms with E-state index in [-0.39, 0.29) is 5.91 Å². The van der Waals surface area contributed by atoms with Gasteiger partial charge in [0.05, 0.1) is 6.61 Å². The number of allylic oxidation sites excluding steroid dienone is 1. The van der Waals surface area contributed by atoms with Crippen molar-refractivity contribution in [1.29, 1.82) is 0 Å². The van der Waals surface area contributed by atoms with Crippen LogP contribution in [0.3, 0.4) is 0 Å². The fourth-order valence-corrected chi connectivity index (χ4v) is 1.96. The molecule has 94 valence electrons. The molecule has 0 N–H and O–H groups in total. The van der Waals surface area contributed by atoms with Crippen LogP contribution in [0.5, 0.6) is 0 Å². The van der Waals surface area contributed by atoms with E-state index in [9.17, 15) is 9.59 Å². The molecule has 0 aromatic heterocycles. The monoisotopic (exact) mass is 245 g/mol. The molecular weight excluding hydrogens is 230 g/mol. The summed E-state index contributed by atoms with van der Waals surface area (Å²) in [5.41, 5.74) is 1.49. The Morgan fingerprint density at radius 1 is 1.33 bits per heavy atom. The van der Waals surface area contributed by atoms with Crippen LogP contribution in [0.2, 0.25) is 0 Å². The van der Waals surface area contributed by atoms with Gasteiger partial charge in [-0.25, -0.2) is 4.79 Å². The number of anilines is 1. The van der Waals surface area contributed by atoms with E-state index in [2.05, 4.69) is 0 Å². The van der Waals surface area contributed by atoms with E-state index in [0.717, 1.165) is 5.69 Å². The highest BCUT2D eigenvalue weighted by Gasteiger charge is 2.27. The molecule has 18 heavy (non-hydrogen) atoms. The first kappa shape index (κ1) is 12.4. The average Bonchev–Trinajstić information content (AvgIpc) is 2.72. The van der Waals surface area contributed by atoms with Crippen molar-refractivity contribution in [3.8, 4) is 0 Å². The van der Waals surface area contributed by atoms with E-state index in [1.54, 1.807) is 11.8 Å². The molecule has 0 spiro atoms. The Labute approximate surface area is 106 Å². The predicted octanol–water partition coefficient (Wildman–Crippen LogP) is 2.26. The Hall–Kier alpha value is -2.10. The van der Waals surface area contributed by atoms with Gasteiger partial charge in [0.2, 0.25) is 5.91 Å². The molecule has 1 amide bonds. The van der Waals surface area contributed by atoms with Gasteiger partial charge in [0.25, 0.3) is 0 Å². The Bertz CT molecular complexity index is 479. The van der Waals surface area contributed by atoms with Crippen LogP contribution in [-0.2, 0) is 14.3 Å². The van der Waals surface area contributed by atoms with Gasteiger partial charge in [0.15, 0.2) is 0 Å². The van der Waals surface area contributed by atoms with Crippen molar-refractivity contribution in [2.45, 2.75) is 19.8 Å². The van der Waals surface area contributed by atoms with Gasteiger partial charge in [0, 0.05) is 23.9 Å². The summed E-state index contributed by atoms with van der Waals surface area (Å²) < 4.78 is 4.87. The quantitative estimate of drug-likeness (QED) is 0.606. The number of carbonyl (C=O) groups is 2. The number of carbonyl (C=O) groups excluding carboxylic acids is 2. The van der Waals surface area contributed by atoms with Crippen molar-refractivity contribution in [3.05, 3.63) is 42.1 Å². The summed E-state index contributed by atoms with van der Waals surface area (Å²) in [6.07, 6.45) is 2.41. The lowest BCUT2D eigenvalue weighted by Gasteiger charge is -2.17. The maximum absolute atomic E-state index is 11.9. The van der Waals surface area contributed by atoms with Gasteiger partial charge >= 0.3 is 5.97 Å². The zero-order chi connectivity index (χ0) is 13.0. The second kappa shape index (κ2) is 5.49. The molecule has 0 radical (unpaired) electrons. The molecule has 0 aliphatic carbocycles. The van der Waals surface area contributed by atoms with Crippen LogP contribution >= 0.6 is 0 Å². The molecule has 1 saturated heterocycles. The number of rotatable bonds is 3. The maximum atomic E-state index is 11.9. The molecule has 0 atom stereocenters. The van der Waals surface area contributed by atoms with Crippen LogP contribution in [0.15, 0.2) is 42.1 Å². The van der Waals surface area contributed by atoms with Crippen molar-refractivity contribution in [1.82, 2.24) is 0 Å². The van der Waals surface area contributed by atoms with E-state index in [1.165, 1.54) is 6.08 Å². The topological polar surface area (TPSA) is 46.6 Å². The lowest BCUT2D eigenvalue weighted by Crippen LogP contribution is -2.23. The van der Waals surface area contributed by atoms with Gasteiger partial charge in [-0.05, 0) is 25.5 Å². The fraction of sp³-hybridized carbons (Fsp3) is 0.286. The first-order chi connectivity index (χ1) is 8.72. The fourth-order valence-electron chi connectivity index (χ4n) is 1.96. The molecule has 1 aliphatic heterocycles. The highest BCUT2D eigenvalue weighted by molar-refractivity contribution is 6.01. The average molecular weight is 245 g/mol. The third-order valence-corrected chi connectivity index (χ3v) is 2.72. The largest absolute Gasteiger partial charge is 0.463 e. The van der Waals surface area contributed by atoms with Crippen LogP contribution in [-0.4, -0.2) is 18.5 Å². The molecule has 1 aromatic carbocycles. The van der Waals surface area contributed by atoms with E-state index >= 15 is 0 Å². The lowest BCUT2D eigenvalue weighted by atomic mass is 10.2. The minimum atomic E-state index is -0.400. The van der Waals surface area contributed by atoms with Crippen LogP contribution in [0.25, 0.3) is 0 Å². The molecule has 0 bridgehead atoms. The molecule has 1 fully saturated rings. The third kappa shape index (κ3) is 2.59. The second-order valence-corrected chi connectivity index (χ2v) is 3.95. The standard InChI is InChI=1S/C14H15NO3/c1-2-18-14(17)10-12-8-9-13(16)15(12)11-6-4-3-5-7-11/h3-7,10H,2,8-9H2,1H3/b12-10-. The molecule has 1 aliphatic rings. The Kier molecular flexibility index (Phi) is 3.77. The highest BCUT2D eigenvalue weighted by atomic mass is 16.5. The normalized spacial score (nSPS) is 17.3. The molecule has 4 nitrogen and oxygen atoms in total. The van der Waals surface area contributed by atoms with Gasteiger partial charge in [-0.2, -0.15) is 0 Å². The molecule has 0 unspecified atom stereocenters. The van der Waals surface area contributed by atoms with Crippen LogP contribution in [0.4, 0.5) is 5.69 Å². The highest BCUT2D eigenvalue weighted by Crippen LogP contribution is 2.29. The van der Waals surface area contributed by atoms with Crippen LogP contribution in [0, 0.1) is 0 Å². The molecule has 1 aromatic rings. The molecule has 4 heteroatoms. The molecule has 0 saturated carbocycles. The summed E-state index contributed by atoms with van der Waals surface area (Å²) in [7, 11) is 0. The Morgan fingerprint density at radius 3 is 2.72 bits per heavy atom. The third-order valence-electron chi connectivity index (χ3n) is 2.72. The number of hydrogen-bond donors (Lipinski definition) is 0. The Morgan fingerprint density at radius 2 is 2.06 bits per heavy atom. The van der Waals surface area contributed by atoms with Crippen LogP contribution < -0.4 is 4.90 Å². The minimum absolute atomic E-state index is 0.0109. The summed E-state index contributed by atoms with van der Waals surface area (Å²) in [5, 5.41) is 0. The van der Waals surface area contributed by atoms with Crippen molar-refractivity contribution in [2.24, 2.45) is 0 Å². The number of amides is 1. The summed E-state index contributed by atoms with van der Waals surface area (Å²) >= 11 is 0. The number of para-hydroxylation sites is 1. The number of benzene rings is 1. The Balaban J connectivity index is 2.26. The van der Waals surface area contributed by atoms with E-state index in [4.69, 9.17) is 4.74 Å². The number of ether oxygens (including phenoxy) is 1. The first-order valence-corrected chi connectivity index (χ1v) is 5.97. The van der Waals surface area contributed by atoms with Crippen molar-refractivity contribution in [3.63, 3.8) is 0 Å². The smallest absolute Gasteiger partial charge is 0.332 e. The summed E-state index contributed by atoms with van der Waals surface area (Å²) in [6, 6.07) is 9.31. The zero-order valence-electron chi connectivity index (χ0n) is 10.3. The molecular formula is C14H15NO3. The van der Waals surface area contributed by atoms with Crippen molar-refractivity contribution >= 4 is 17.6 Å². The zero-order valence-corrected chi connectivity index (χ0v) is 10.3.